The molecule has 0 aliphatic carbocycles. The van der Waals surface area contributed by atoms with Crippen molar-refractivity contribution in [2.24, 2.45) is 7.05 Å². The smallest absolute Gasteiger partial charge is 0.256 e. The molecule has 1 aliphatic heterocycles. The van der Waals surface area contributed by atoms with Crippen molar-refractivity contribution >= 4 is 21.7 Å². The summed E-state index contributed by atoms with van der Waals surface area (Å²) >= 11 is 0. The lowest BCUT2D eigenvalue weighted by Gasteiger charge is -2.26. The van der Waals surface area contributed by atoms with Gasteiger partial charge in [-0.15, -0.1) is 0 Å². The molecule has 0 unspecified atom stereocenters. The average Bonchev–Trinajstić information content (AvgIpc) is 2.96. The molecule has 0 saturated heterocycles. The van der Waals surface area contributed by atoms with E-state index in [-0.39, 0.29) is 18.2 Å². The molecule has 2 heterocycles. The van der Waals surface area contributed by atoms with Gasteiger partial charge in [-0.05, 0) is 18.6 Å². The molecule has 2 aromatic rings. The summed E-state index contributed by atoms with van der Waals surface area (Å²) in [6, 6.07) is 8.90. The predicted octanol–water partition coefficient (Wildman–Crippen LogP) is 2.16. The topological polar surface area (TPSA) is 84.3 Å². The van der Waals surface area contributed by atoms with Gasteiger partial charge in [-0.1, -0.05) is 31.5 Å². The van der Waals surface area contributed by atoms with Crippen molar-refractivity contribution in [3.05, 3.63) is 47.2 Å². The first-order valence-electron chi connectivity index (χ1n) is 8.81. The Hall–Kier alpha value is -2.19. The van der Waals surface area contributed by atoms with Crippen LogP contribution in [0, 0.1) is 0 Å². The fourth-order valence-corrected chi connectivity index (χ4v) is 4.74. The summed E-state index contributed by atoms with van der Waals surface area (Å²) in [5, 5.41) is 7.23. The maximum Gasteiger partial charge on any atom is 0.256 e. The van der Waals surface area contributed by atoms with E-state index in [1.165, 1.54) is 4.31 Å². The number of nitrogens with one attached hydrogen (secondary N) is 1. The molecule has 7 nitrogen and oxygen atoms in total. The van der Waals surface area contributed by atoms with Crippen LogP contribution in [0.4, 0.5) is 5.82 Å². The van der Waals surface area contributed by atoms with Gasteiger partial charge in [0.1, 0.15) is 0 Å². The number of aromatic nitrogens is 2. The second kappa shape index (κ2) is 7.59. The minimum atomic E-state index is -3.29. The molecule has 8 heteroatoms. The van der Waals surface area contributed by atoms with Crippen molar-refractivity contribution in [3.63, 3.8) is 0 Å². The summed E-state index contributed by atoms with van der Waals surface area (Å²) < 4.78 is 28.3. The van der Waals surface area contributed by atoms with Crippen LogP contribution in [-0.2, 0) is 30.0 Å². The van der Waals surface area contributed by atoms with Crippen molar-refractivity contribution in [2.75, 3.05) is 17.6 Å². The third kappa shape index (κ3) is 3.81. The lowest BCUT2D eigenvalue weighted by molar-refractivity contribution is 0.102. The summed E-state index contributed by atoms with van der Waals surface area (Å²) in [7, 11) is -1.48. The first kappa shape index (κ1) is 18.6. The number of benzene rings is 1. The van der Waals surface area contributed by atoms with Crippen LogP contribution in [0.1, 0.15) is 41.4 Å². The van der Waals surface area contributed by atoms with E-state index in [4.69, 9.17) is 0 Å². The summed E-state index contributed by atoms with van der Waals surface area (Å²) in [6.07, 6.45) is 2.07. The Morgan fingerprint density at radius 3 is 2.69 bits per heavy atom. The van der Waals surface area contributed by atoms with Crippen LogP contribution in [0.25, 0.3) is 0 Å². The standard InChI is InChI=1S/C18H24N4O3S/c1-3-4-12-26(24,25)22-11-10-16-15(13-22)17(20-21(16)2)19-18(23)14-8-6-5-7-9-14/h5-9H,3-4,10-13H2,1-2H3,(H,19,20,23). The zero-order valence-electron chi connectivity index (χ0n) is 15.1. The number of amides is 1. The van der Waals surface area contributed by atoms with Crippen LogP contribution in [0.3, 0.4) is 0 Å². The molecule has 0 fully saturated rings. The highest BCUT2D eigenvalue weighted by Gasteiger charge is 2.31. The number of fused-ring (bicyclic) bond motifs is 1. The van der Waals surface area contributed by atoms with Crippen LogP contribution in [0.2, 0.25) is 0 Å². The van der Waals surface area contributed by atoms with Gasteiger partial charge < -0.3 is 5.32 Å². The van der Waals surface area contributed by atoms with Gasteiger partial charge >= 0.3 is 0 Å². The van der Waals surface area contributed by atoms with Crippen LogP contribution < -0.4 is 5.32 Å². The minimum Gasteiger partial charge on any atom is -0.305 e. The van der Waals surface area contributed by atoms with Gasteiger partial charge in [0.15, 0.2) is 5.82 Å². The summed E-state index contributed by atoms with van der Waals surface area (Å²) in [4.78, 5) is 12.4. The van der Waals surface area contributed by atoms with Gasteiger partial charge in [0.05, 0.1) is 5.75 Å². The van der Waals surface area contributed by atoms with Gasteiger partial charge in [-0.3, -0.25) is 9.48 Å². The van der Waals surface area contributed by atoms with Crippen molar-refractivity contribution < 1.29 is 13.2 Å². The Kier molecular flexibility index (Phi) is 5.43. The number of anilines is 1. The summed E-state index contributed by atoms with van der Waals surface area (Å²) in [5.74, 6) is 0.342. The summed E-state index contributed by atoms with van der Waals surface area (Å²) in [5.41, 5.74) is 2.29. The molecule has 140 valence electrons. The van der Waals surface area contributed by atoms with E-state index in [1.54, 1.807) is 28.9 Å². The molecule has 0 saturated carbocycles. The van der Waals surface area contributed by atoms with E-state index < -0.39 is 10.0 Å². The number of unbranched alkanes of at least 4 members (excludes halogenated alkanes) is 1. The zero-order valence-corrected chi connectivity index (χ0v) is 15.9. The third-order valence-corrected chi connectivity index (χ3v) is 6.53. The molecule has 1 N–H and O–H groups in total. The van der Waals surface area contributed by atoms with Crippen LogP contribution in [-0.4, -0.2) is 40.7 Å². The predicted molar refractivity (Wildman–Crippen MR) is 100 cm³/mol. The number of nitrogens with zero attached hydrogens (tertiary/aromatic N) is 3. The lowest BCUT2D eigenvalue weighted by atomic mass is 10.1. The highest BCUT2D eigenvalue weighted by Crippen LogP contribution is 2.27. The molecular formula is C18H24N4O3S. The average molecular weight is 376 g/mol. The number of hydrogen-bond donors (Lipinski definition) is 1. The Balaban J connectivity index is 1.82. The van der Waals surface area contributed by atoms with Gasteiger partial charge in [0, 0.05) is 43.4 Å². The molecular weight excluding hydrogens is 352 g/mol. The van der Waals surface area contributed by atoms with Crippen molar-refractivity contribution in [1.82, 2.24) is 14.1 Å². The maximum absolute atomic E-state index is 12.5. The van der Waals surface area contributed by atoms with E-state index in [0.29, 0.717) is 30.8 Å². The number of hydrogen-bond acceptors (Lipinski definition) is 4. The molecule has 0 spiro atoms. The molecule has 0 bridgehead atoms. The highest BCUT2D eigenvalue weighted by molar-refractivity contribution is 7.89. The fraction of sp³-hybridized carbons (Fsp3) is 0.444. The Morgan fingerprint density at radius 1 is 1.27 bits per heavy atom. The molecule has 26 heavy (non-hydrogen) atoms. The normalized spacial score (nSPS) is 14.8. The molecule has 1 aromatic carbocycles. The monoisotopic (exact) mass is 376 g/mol. The third-order valence-electron chi connectivity index (χ3n) is 4.62. The van der Waals surface area contributed by atoms with Gasteiger partial charge in [0.2, 0.25) is 10.0 Å². The van der Waals surface area contributed by atoms with E-state index in [1.807, 2.05) is 20.0 Å². The van der Waals surface area contributed by atoms with Gasteiger partial charge in [0.25, 0.3) is 5.91 Å². The molecule has 0 radical (unpaired) electrons. The molecule has 1 amide bonds. The second-order valence-electron chi connectivity index (χ2n) is 6.47. The van der Waals surface area contributed by atoms with Crippen LogP contribution >= 0.6 is 0 Å². The first-order chi connectivity index (χ1) is 12.4. The van der Waals surface area contributed by atoms with E-state index >= 15 is 0 Å². The van der Waals surface area contributed by atoms with Crippen LogP contribution in [0.15, 0.2) is 30.3 Å². The largest absolute Gasteiger partial charge is 0.305 e. The number of carbonyl (C=O) groups is 1. The van der Waals surface area contributed by atoms with Crippen LogP contribution in [0.5, 0.6) is 0 Å². The minimum absolute atomic E-state index is 0.158. The van der Waals surface area contributed by atoms with Gasteiger partial charge in [-0.25, -0.2) is 8.42 Å². The number of aryl methyl sites for hydroxylation is 1. The van der Waals surface area contributed by atoms with Crippen molar-refractivity contribution in [2.45, 2.75) is 32.7 Å². The fourth-order valence-electron chi connectivity index (χ4n) is 3.13. The quantitative estimate of drug-likeness (QED) is 0.837. The first-order valence-corrected chi connectivity index (χ1v) is 10.4. The molecule has 1 aliphatic rings. The maximum atomic E-state index is 12.5. The van der Waals surface area contributed by atoms with Gasteiger partial charge in [-0.2, -0.15) is 9.40 Å². The lowest BCUT2D eigenvalue weighted by Crippen LogP contribution is -2.37. The Bertz CT molecular complexity index is 891. The zero-order chi connectivity index (χ0) is 18.7. The number of rotatable bonds is 6. The highest BCUT2D eigenvalue weighted by atomic mass is 32.2. The number of sulfonamides is 1. The second-order valence-corrected chi connectivity index (χ2v) is 8.56. The Labute approximate surface area is 154 Å². The molecule has 0 atom stereocenters. The van der Waals surface area contributed by atoms with Crippen molar-refractivity contribution in [1.29, 1.82) is 0 Å². The van der Waals surface area contributed by atoms with E-state index in [2.05, 4.69) is 10.4 Å². The summed E-state index contributed by atoms with van der Waals surface area (Å²) in [6.45, 7) is 2.67. The van der Waals surface area contributed by atoms with Crippen molar-refractivity contribution in [3.8, 4) is 0 Å². The Morgan fingerprint density at radius 2 is 2.00 bits per heavy atom. The van der Waals surface area contributed by atoms with E-state index in [0.717, 1.165) is 17.7 Å². The molecule has 3 rings (SSSR count). The SMILES string of the molecule is CCCCS(=O)(=O)N1CCc2c(c(NC(=O)c3ccccc3)nn2C)C1. The molecule has 1 aromatic heterocycles. The van der Waals surface area contributed by atoms with E-state index in [9.17, 15) is 13.2 Å². The number of carbonyl (C=O) groups excluding carboxylic acids is 1.